The Morgan fingerprint density at radius 2 is 2.29 bits per heavy atom. The number of nitrogens with one attached hydrogen (secondary N) is 2. The maximum Gasteiger partial charge on any atom is 0.251 e. The summed E-state index contributed by atoms with van der Waals surface area (Å²) in [5.74, 6) is 1.34. The molecule has 0 bridgehead atoms. The van der Waals surface area contributed by atoms with Gasteiger partial charge in [0.05, 0.1) is 6.54 Å². The molecular weight excluding hydrogens is 268 g/mol. The van der Waals surface area contributed by atoms with Gasteiger partial charge in [0.25, 0.3) is 5.91 Å². The van der Waals surface area contributed by atoms with Gasteiger partial charge in [-0.2, -0.15) is 0 Å². The van der Waals surface area contributed by atoms with Gasteiger partial charge in [-0.3, -0.25) is 4.79 Å². The lowest BCUT2D eigenvalue weighted by Crippen LogP contribution is -2.28. The first-order valence-electron chi connectivity index (χ1n) is 7.14. The van der Waals surface area contributed by atoms with Crippen molar-refractivity contribution in [1.29, 1.82) is 0 Å². The average Bonchev–Trinajstić information content (AvgIpc) is 2.86. The summed E-state index contributed by atoms with van der Waals surface area (Å²) in [6.07, 6.45) is 5.25. The van der Waals surface area contributed by atoms with Crippen LogP contribution >= 0.6 is 0 Å². The van der Waals surface area contributed by atoms with Crippen molar-refractivity contribution in [3.63, 3.8) is 0 Å². The number of rotatable bonds is 5. The first-order chi connectivity index (χ1) is 10.2. The maximum atomic E-state index is 12.1. The predicted octanol–water partition coefficient (Wildman–Crippen LogP) is 2.27. The molecule has 6 nitrogen and oxygen atoms in total. The molecule has 0 saturated heterocycles. The van der Waals surface area contributed by atoms with Gasteiger partial charge in [-0.25, -0.2) is 4.98 Å². The third kappa shape index (κ3) is 3.39. The van der Waals surface area contributed by atoms with Crippen LogP contribution in [-0.2, 0) is 6.54 Å². The molecule has 0 aliphatic heterocycles. The zero-order chi connectivity index (χ0) is 14.7. The van der Waals surface area contributed by atoms with E-state index < -0.39 is 0 Å². The Morgan fingerprint density at radius 3 is 2.95 bits per heavy atom. The summed E-state index contributed by atoms with van der Waals surface area (Å²) >= 11 is 0. The molecule has 2 aromatic rings. The topological polar surface area (TPSA) is 80.0 Å². The molecule has 3 rings (SSSR count). The Hall–Kier alpha value is -2.37. The standard InChI is InChI=1S/C15H18N4O2/c1-10-7-13(19-21-10)9-17-15(20)11-5-6-16-14(8-11)18-12-3-2-4-12/h5-8,12H,2-4,9H2,1H3,(H,16,18)(H,17,20). The highest BCUT2D eigenvalue weighted by Crippen LogP contribution is 2.22. The molecule has 0 radical (unpaired) electrons. The number of anilines is 1. The number of nitrogens with zero attached hydrogens (tertiary/aromatic N) is 2. The van der Waals surface area contributed by atoms with E-state index in [1.807, 2.05) is 6.92 Å². The second-order valence-electron chi connectivity index (χ2n) is 5.31. The van der Waals surface area contributed by atoms with E-state index in [4.69, 9.17) is 4.52 Å². The second-order valence-corrected chi connectivity index (χ2v) is 5.31. The molecule has 1 fully saturated rings. The zero-order valence-corrected chi connectivity index (χ0v) is 11.9. The lowest BCUT2D eigenvalue weighted by atomic mass is 9.93. The van der Waals surface area contributed by atoms with Crippen LogP contribution in [0.2, 0.25) is 0 Å². The smallest absolute Gasteiger partial charge is 0.251 e. The minimum atomic E-state index is -0.144. The Balaban J connectivity index is 1.59. The molecule has 2 aromatic heterocycles. The lowest BCUT2D eigenvalue weighted by Gasteiger charge is -2.26. The van der Waals surface area contributed by atoms with Gasteiger partial charge in [0.2, 0.25) is 0 Å². The minimum Gasteiger partial charge on any atom is -0.367 e. The molecule has 1 saturated carbocycles. The summed E-state index contributed by atoms with van der Waals surface area (Å²) in [6, 6.07) is 5.78. The van der Waals surface area contributed by atoms with E-state index >= 15 is 0 Å². The van der Waals surface area contributed by atoms with Crippen LogP contribution in [0.5, 0.6) is 0 Å². The fourth-order valence-electron chi connectivity index (χ4n) is 2.19. The van der Waals surface area contributed by atoms with E-state index in [9.17, 15) is 4.79 Å². The highest BCUT2D eigenvalue weighted by molar-refractivity contribution is 5.94. The van der Waals surface area contributed by atoms with Crippen LogP contribution < -0.4 is 10.6 Å². The van der Waals surface area contributed by atoms with E-state index in [1.165, 1.54) is 19.3 Å². The molecule has 2 N–H and O–H groups in total. The van der Waals surface area contributed by atoms with Crippen molar-refractivity contribution >= 4 is 11.7 Å². The number of aryl methyl sites for hydroxylation is 1. The Labute approximate surface area is 122 Å². The molecule has 0 atom stereocenters. The number of hydrogen-bond donors (Lipinski definition) is 2. The highest BCUT2D eigenvalue weighted by atomic mass is 16.5. The molecule has 0 unspecified atom stereocenters. The summed E-state index contributed by atoms with van der Waals surface area (Å²) in [5, 5.41) is 9.99. The van der Waals surface area contributed by atoms with Crippen molar-refractivity contribution in [2.75, 3.05) is 5.32 Å². The Morgan fingerprint density at radius 1 is 1.43 bits per heavy atom. The quantitative estimate of drug-likeness (QED) is 0.881. The van der Waals surface area contributed by atoms with Crippen LogP contribution in [0.3, 0.4) is 0 Å². The van der Waals surface area contributed by atoms with E-state index in [-0.39, 0.29) is 5.91 Å². The molecule has 2 heterocycles. The van der Waals surface area contributed by atoms with Crippen molar-refractivity contribution in [2.24, 2.45) is 0 Å². The Kier molecular flexibility index (Phi) is 3.85. The lowest BCUT2D eigenvalue weighted by molar-refractivity contribution is 0.0950. The number of carbonyl (C=O) groups excluding carboxylic acids is 1. The van der Waals surface area contributed by atoms with Gasteiger partial charge in [0.1, 0.15) is 17.3 Å². The van der Waals surface area contributed by atoms with Crippen molar-refractivity contribution in [1.82, 2.24) is 15.5 Å². The summed E-state index contributed by atoms with van der Waals surface area (Å²) in [7, 11) is 0. The van der Waals surface area contributed by atoms with Gasteiger partial charge < -0.3 is 15.2 Å². The molecule has 1 aliphatic rings. The van der Waals surface area contributed by atoms with E-state index in [2.05, 4.69) is 20.8 Å². The van der Waals surface area contributed by atoms with Gasteiger partial charge in [0, 0.05) is 23.9 Å². The summed E-state index contributed by atoms with van der Waals surface area (Å²) < 4.78 is 4.96. The number of pyridine rings is 1. The first-order valence-corrected chi connectivity index (χ1v) is 7.14. The van der Waals surface area contributed by atoms with Gasteiger partial charge in [0.15, 0.2) is 0 Å². The van der Waals surface area contributed by atoms with Crippen LogP contribution in [0.25, 0.3) is 0 Å². The van der Waals surface area contributed by atoms with Crippen LogP contribution in [-0.4, -0.2) is 22.1 Å². The molecule has 0 aromatic carbocycles. The second kappa shape index (κ2) is 5.95. The minimum absolute atomic E-state index is 0.144. The zero-order valence-electron chi connectivity index (χ0n) is 11.9. The van der Waals surface area contributed by atoms with Crippen LogP contribution in [0.15, 0.2) is 28.9 Å². The molecule has 1 aliphatic carbocycles. The molecule has 1 amide bonds. The predicted molar refractivity (Wildman–Crippen MR) is 77.9 cm³/mol. The summed E-state index contributed by atoms with van der Waals surface area (Å²) in [4.78, 5) is 16.4. The van der Waals surface area contributed by atoms with Crippen molar-refractivity contribution < 1.29 is 9.32 Å². The van der Waals surface area contributed by atoms with Crippen LogP contribution in [0.1, 0.15) is 41.1 Å². The van der Waals surface area contributed by atoms with Crippen molar-refractivity contribution in [3.05, 3.63) is 41.4 Å². The maximum absolute atomic E-state index is 12.1. The third-order valence-corrected chi connectivity index (χ3v) is 3.59. The van der Waals surface area contributed by atoms with Gasteiger partial charge in [-0.05, 0) is 38.3 Å². The van der Waals surface area contributed by atoms with Gasteiger partial charge >= 0.3 is 0 Å². The van der Waals surface area contributed by atoms with Gasteiger partial charge in [-0.1, -0.05) is 5.16 Å². The largest absolute Gasteiger partial charge is 0.367 e. The number of amides is 1. The van der Waals surface area contributed by atoms with Crippen molar-refractivity contribution in [2.45, 2.75) is 38.8 Å². The molecule has 6 heteroatoms. The number of hydrogen-bond acceptors (Lipinski definition) is 5. The first kappa shape index (κ1) is 13.6. The van der Waals surface area contributed by atoms with E-state index in [0.717, 1.165) is 11.6 Å². The van der Waals surface area contributed by atoms with Crippen LogP contribution in [0, 0.1) is 6.92 Å². The number of aromatic nitrogens is 2. The SMILES string of the molecule is Cc1cc(CNC(=O)c2ccnc(NC3CCC3)c2)no1. The van der Waals surface area contributed by atoms with Gasteiger partial charge in [-0.15, -0.1) is 0 Å². The van der Waals surface area contributed by atoms with Crippen molar-refractivity contribution in [3.8, 4) is 0 Å². The fourth-order valence-corrected chi connectivity index (χ4v) is 2.19. The molecule has 21 heavy (non-hydrogen) atoms. The number of carbonyl (C=O) groups is 1. The summed E-state index contributed by atoms with van der Waals surface area (Å²) in [6.45, 7) is 2.17. The normalized spacial score (nSPS) is 14.5. The molecule has 0 spiro atoms. The Bertz CT molecular complexity index is 634. The monoisotopic (exact) mass is 286 g/mol. The molecule has 110 valence electrons. The highest BCUT2D eigenvalue weighted by Gasteiger charge is 2.17. The molecular formula is C15H18N4O2. The van der Waals surface area contributed by atoms with E-state index in [1.54, 1.807) is 24.4 Å². The van der Waals surface area contributed by atoms with E-state index in [0.29, 0.717) is 23.8 Å². The third-order valence-electron chi connectivity index (χ3n) is 3.59. The summed E-state index contributed by atoms with van der Waals surface area (Å²) in [5.41, 5.74) is 1.30. The fraction of sp³-hybridized carbons (Fsp3) is 0.400. The van der Waals surface area contributed by atoms with Crippen LogP contribution in [0.4, 0.5) is 5.82 Å². The average molecular weight is 286 g/mol.